The van der Waals surface area contributed by atoms with Gasteiger partial charge in [0.25, 0.3) is 5.56 Å². The number of benzene rings is 1. The largest absolute Gasteiger partial charge is 0.296 e. The highest BCUT2D eigenvalue weighted by Gasteiger charge is 2.27. The van der Waals surface area contributed by atoms with Crippen molar-refractivity contribution in [3.63, 3.8) is 0 Å². The minimum Gasteiger partial charge on any atom is -0.296 e. The molecule has 100 valence electrons. The number of aryl methyl sites for hydroxylation is 1. The van der Waals surface area contributed by atoms with E-state index in [1.165, 1.54) is 0 Å². The number of nitrogens with zero attached hydrogens (tertiary/aromatic N) is 2. The Balaban J connectivity index is 2.35. The molecule has 0 spiro atoms. The molecule has 0 saturated carbocycles. The van der Waals surface area contributed by atoms with E-state index in [0.717, 1.165) is 18.7 Å². The summed E-state index contributed by atoms with van der Waals surface area (Å²) in [6.07, 6.45) is 1.83. The second-order valence-corrected chi connectivity index (χ2v) is 6.71. The lowest BCUT2D eigenvalue weighted by Crippen LogP contribution is -2.36. The second-order valence-electron chi connectivity index (χ2n) is 5.87. The average Bonchev–Trinajstić information content (AvgIpc) is 2.29. The van der Waals surface area contributed by atoms with E-state index in [2.05, 4.69) is 18.8 Å². The summed E-state index contributed by atoms with van der Waals surface area (Å²) in [5, 5.41) is 1.34. The van der Waals surface area contributed by atoms with Crippen molar-refractivity contribution in [2.45, 2.75) is 33.2 Å². The van der Waals surface area contributed by atoms with Crippen molar-refractivity contribution >= 4 is 34.1 Å². The molecule has 0 aliphatic carbocycles. The maximum absolute atomic E-state index is 12.6. The Morgan fingerprint density at radius 1 is 1.32 bits per heavy atom. The van der Waals surface area contributed by atoms with Crippen molar-refractivity contribution in [1.82, 2.24) is 9.55 Å². The van der Waals surface area contributed by atoms with Crippen LogP contribution >= 0.6 is 23.2 Å². The van der Waals surface area contributed by atoms with Crippen molar-refractivity contribution in [2.75, 3.05) is 0 Å². The van der Waals surface area contributed by atoms with E-state index in [9.17, 15) is 4.79 Å². The lowest BCUT2D eigenvalue weighted by atomic mass is 9.85. The third kappa shape index (κ3) is 2.15. The summed E-state index contributed by atoms with van der Waals surface area (Å²) in [7, 11) is 0. The van der Waals surface area contributed by atoms with Crippen LogP contribution in [0.2, 0.25) is 10.0 Å². The topological polar surface area (TPSA) is 34.9 Å². The predicted molar refractivity (Wildman–Crippen MR) is 78.1 cm³/mol. The first-order valence-electron chi connectivity index (χ1n) is 6.26. The fourth-order valence-corrected chi connectivity index (χ4v) is 3.19. The van der Waals surface area contributed by atoms with E-state index in [1.807, 2.05) is 0 Å². The minimum absolute atomic E-state index is 0.0607. The highest BCUT2D eigenvalue weighted by atomic mass is 35.5. The second kappa shape index (κ2) is 4.22. The molecule has 0 radical (unpaired) electrons. The summed E-state index contributed by atoms with van der Waals surface area (Å²) < 4.78 is 1.76. The van der Waals surface area contributed by atoms with Crippen molar-refractivity contribution in [3.8, 4) is 0 Å². The molecule has 0 N–H and O–H groups in total. The number of hydrogen-bond donors (Lipinski definition) is 0. The summed E-state index contributed by atoms with van der Waals surface area (Å²) in [6, 6.07) is 3.29. The summed E-state index contributed by atoms with van der Waals surface area (Å²) in [4.78, 5) is 17.1. The van der Waals surface area contributed by atoms with Crippen LogP contribution in [0.25, 0.3) is 10.9 Å². The molecule has 0 saturated heterocycles. The third-order valence-corrected chi connectivity index (χ3v) is 4.18. The highest BCUT2D eigenvalue weighted by Crippen LogP contribution is 2.31. The Morgan fingerprint density at radius 3 is 2.79 bits per heavy atom. The normalized spacial score (nSPS) is 17.5. The van der Waals surface area contributed by atoms with Gasteiger partial charge in [0.1, 0.15) is 5.82 Å². The Bertz CT molecular complexity index is 734. The van der Waals surface area contributed by atoms with Gasteiger partial charge >= 0.3 is 0 Å². The van der Waals surface area contributed by atoms with Gasteiger partial charge in [-0.05, 0) is 24.0 Å². The molecule has 0 fully saturated rings. The molecule has 2 heterocycles. The SMILES string of the molecule is CC1(C)CCc2nc3cc(Cl)cc(Cl)c3c(=O)n2C1. The molecule has 3 rings (SSSR count). The first-order valence-corrected chi connectivity index (χ1v) is 7.01. The zero-order valence-corrected chi connectivity index (χ0v) is 12.3. The van der Waals surface area contributed by atoms with Gasteiger partial charge in [0.2, 0.25) is 0 Å². The standard InChI is InChI=1S/C14H14Cl2N2O/c1-14(2)4-3-11-17-10-6-8(15)5-9(16)12(10)13(19)18(11)7-14/h5-6H,3-4,7H2,1-2H3. The van der Waals surface area contributed by atoms with E-state index >= 15 is 0 Å². The molecule has 5 heteroatoms. The number of fused-ring (bicyclic) bond motifs is 2. The van der Waals surface area contributed by atoms with Gasteiger partial charge in [0.15, 0.2) is 0 Å². The summed E-state index contributed by atoms with van der Waals surface area (Å²) in [5.41, 5.74) is 0.647. The van der Waals surface area contributed by atoms with Gasteiger partial charge in [-0.25, -0.2) is 4.98 Å². The van der Waals surface area contributed by atoms with E-state index < -0.39 is 0 Å². The molecule has 1 aromatic heterocycles. The van der Waals surface area contributed by atoms with Crippen LogP contribution in [0.3, 0.4) is 0 Å². The molecule has 19 heavy (non-hydrogen) atoms. The van der Waals surface area contributed by atoms with Gasteiger partial charge in [0.05, 0.1) is 15.9 Å². The molecule has 3 nitrogen and oxygen atoms in total. The van der Waals surface area contributed by atoms with Crippen molar-refractivity contribution in [2.24, 2.45) is 5.41 Å². The van der Waals surface area contributed by atoms with Crippen LogP contribution in [0.15, 0.2) is 16.9 Å². The maximum Gasteiger partial charge on any atom is 0.262 e. The molecule has 0 unspecified atom stereocenters. The fraction of sp³-hybridized carbons (Fsp3) is 0.429. The van der Waals surface area contributed by atoms with Gasteiger partial charge in [-0.1, -0.05) is 37.0 Å². The predicted octanol–water partition coefficient (Wildman–Crippen LogP) is 3.68. The number of hydrogen-bond acceptors (Lipinski definition) is 2. The van der Waals surface area contributed by atoms with Crippen LogP contribution in [0.1, 0.15) is 26.1 Å². The van der Waals surface area contributed by atoms with E-state index in [0.29, 0.717) is 27.5 Å². The molecule has 0 bridgehead atoms. The Hall–Kier alpha value is -1.06. The summed E-state index contributed by atoms with van der Waals surface area (Å²) >= 11 is 12.1. The first-order chi connectivity index (χ1) is 8.87. The van der Waals surface area contributed by atoms with Gasteiger partial charge in [-0.2, -0.15) is 0 Å². The molecule has 1 aliphatic rings. The monoisotopic (exact) mass is 296 g/mol. The van der Waals surface area contributed by atoms with Crippen molar-refractivity contribution in [3.05, 3.63) is 38.4 Å². The van der Waals surface area contributed by atoms with E-state index in [1.54, 1.807) is 16.7 Å². The van der Waals surface area contributed by atoms with Crippen LogP contribution in [-0.2, 0) is 13.0 Å². The number of aromatic nitrogens is 2. The zero-order valence-electron chi connectivity index (χ0n) is 10.8. The Morgan fingerprint density at radius 2 is 2.05 bits per heavy atom. The van der Waals surface area contributed by atoms with Crippen LogP contribution < -0.4 is 5.56 Å². The summed E-state index contributed by atoms with van der Waals surface area (Å²) in [6.45, 7) is 5.01. The first kappa shape index (κ1) is 12.9. The maximum atomic E-state index is 12.6. The summed E-state index contributed by atoms with van der Waals surface area (Å²) in [5.74, 6) is 0.829. The molecule has 1 aliphatic heterocycles. The minimum atomic E-state index is -0.0607. The van der Waals surface area contributed by atoms with Gasteiger partial charge in [0, 0.05) is 18.0 Å². The molecule has 1 aromatic carbocycles. The van der Waals surface area contributed by atoms with Gasteiger partial charge < -0.3 is 0 Å². The van der Waals surface area contributed by atoms with Crippen LogP contribution in [0, 0.1) is 5.41 Å². The van der Waals surface area contributed by atoms with Crippen LogP contribution in [0.4, 0.5) is 0 Å². The van der Waals surface area contributed by atoms with E-state index in [4.69, 9.17) is 23.2 Å². The Kier molecular flexibility index (Phi) is 2.88. The van der Waals surface area contributed by atoms with Crippen molar-refractivity contribution < 1.29 is 0 Å². The third-order valence-electron chi connectivity index (χ3n) is 3.67. The highest BCUT2D eigenvalue weighted by molar-refractivity contribution is 6.38. The quantitative estimate of drug-likeness (QED) is 0.743. The van der Waals surface area contributed by atoms with Crippen LogP contribution in [0.5, 0.6) is 0 Å². The smallest absolute Gasteiger partial charge is 0.262 e. The average molecular weight is 297 g/mol. The molecule has 2 aromatic rings. The van der Waals surface area contributed by atoms with Crippen molar-refractivity contribution in [1.29, 1.82) is 0 Å². The number of rotatable bonds is 0. The lowest BCUT2D eigenvalue weighted by molar-refractivity contribution is 0.240. The number of halogens is 2. The van der Waals surface area contributed by atoms with Crippen LogP contribution in [-0.4, -0.2) is 9.55 Å². The van der Waals surface area contributed by atoms with E-state index in [-0.39, 0.29) is 11.0 Å². The Labute approximate surface area is 121 Å². The van der Waals surface area contributed by atoms with Gasteiger partial charge in [-0.15, -0.1) is 0 Å². The molecular weight excluding hydrogens is 283 g/mol. The zero-order chi connectivity index (χ0) is 13.8. The molecule has 0 amide bonds. The molecular formula is C14H14Cl2N2O. The lowest BCUT2D eigenvalue weighted by Gasteiger charge is -2.31. The van der Waals surface area contributed by atoms with Gasteiger partial charge in [-0.3, -0.25) is 9.36 Å². The fourth-order valence-electron chi connectivity index (χ4n) is 2.62. The molecule has 0 atom stereocenters.